The summed E-state index contributed by atoms with van der Waals surface area (Å²) in [7, 11) is 1.98. The fourth-order valence-electron chi connectivity index (χ4n) is 7.42. The number of ether oxygens (including phenoxy) is 1. The molecule has 2 bridgehead atoms. The Morgan fingerprint density at radius 1 is 1.20 bits per heavy atom. The second-order valence-electron chi connectivity index (χ2n) is 13.0. The van der Waals surface area contributed by atoms with E-state index in [1.807, 2.05) is 20.9 Å². The molecule has 3 saturated heterocycles. The Morgan fingerprint density at radius 3 is 2.67 bits per heavy atom. The van der Waals surface area contributed by atoms with Gasteiger partial charge in [0.1, 0.15) is 34.7 Å². The number of terminal acetylenes is 1. The van der Waals surface area contributed by atoms with E-state index < -0.39 is 23.2 Å². The first-order valence-electron chi connectivity index (χ1n) is 15.5. The van der Waals surface area contributed by atoms with E-state index in [4.69, 9.17) is 16.1 Å². The number of hydrogen-bond donors (Lipinski definition) is 2. The summed E-state index contributed by atoms with van der Waals surface area (Å²) in [5.41, 5.74) is -0.148. The van der Waals surface area contributed by atoms with Gasteiger partial charge in [-0.2, -0.15) is 9.97 Å². The average Bonchev–Trinajstić information content (AvgIpc) is 3.37. The van der Waals surface area contributed by atoms with Crippen molar-refractivity contribution in [2.75, 3.05) is 38.1 Å². The van der Waals surface area contributed by atoms with Crippen molar-refractivity contribution in [3.8, 4) is 35.4 Å². The number of likely N-dealkylation sites (tertiary alicyclic amines) is 1. The normalized spacial score (nSPS) is 24.9. The maximum atomic E-state index is 16.8. The summed E-state index contributed by atoms with van der Waals surface area (Å²) in [6, 6.07) is 5.95. The number of nitrogens with zero attached hydrogens (tertiary/aromatic N) is 5. The number of pyridine rings is 1. The molecule has 11 heteroatoms. The Balaban J connectivity index is 1.40. The third-order valence-corrected chi connectivity index (χ3v) is 10.0. The number of fused-ring (bicyclic) bond motifs is 4. The van der Waals surface area contributed by atoms with Gasteiger partial charge in [-0.3, -0.25) is 4.98 Å². The number of halogens is 3. The molecule has 0 unspecified atom stereocenters. The van der Waals surface area contributed by atoms with Crippen molar-refractivity contribution >= 4 is 27.5 Å². The number of aromatic hydroxyl groups is 1. The number of aromatic nitrogens is 3. The van der Waals surface area contributed by atoms with Crippen LogP contribution in [0.5, 0.6) is 11.8 Å². The minimum atomic E-state index is -0.788. The number of phenols is 1. The molecular formula is C35H35F3N6O2. The second kappa shape index (κ2) is 11.4. The summed E-state index contributed by atoms with van der Waals surface area (Å²) < 4.78 is 52.2. The molecule has 3 aliphatic heterocycles. The predicted octanol–water partition coefficient (Wildman–Crippen LogP) is 5.71. The van der Waals surface area contributed by atoms with Crippen LogP contribution in [0.3, 0.4) is 0 Å². The van der Waals surface area contributed by atoms with Gasteiger partial charge in [0, 0.05) is 60.8 Å². The predicted molar refractivity (Wildman–Crippen MR) is 171 cm³/mol. The van der Waals surface area contributed by atoms with E-state index in [1.165, 1.54) is 30.5 Å². The molecule has 5 heterocycles. The van der Waals surface area contributed by atoms with Gasteiger partial charge in [0.25, 0.3) is 0 Å². The number of anilines is 1. The highest BCUT2D eigenvalue weighted by molar-refractivity contribution is 6.03. The van der Waals surface area contributed by atoms with E-state index >= 15 is 4.39 Å². The third-order valence-electron chi connectivity index (χ3n) is 10.0. The molecule has 2 aromatic carbocycles. The topological polar surface area (TPSA) is 86.6 Å². The molecule has 3 aliphatic rings. The van der Waals surface area contributed by atoms with Crippen molar-refractivity contribution in [2.24, 2.45) is 5.41 Å². The fraction of sp³-hybridized carbons (Fsp3) is 0.400. The van der Waals surface area contributed by atoms with E-state index in [0.29, 0.717) is 54.5 Å². The molecule has 2 N–H and O–H groups in total. The van der Waals surface area contributed by atoms with E-state index in [0.717, 1.165) is 19.4 Å². The van der Waals surface area contributed by atoms with Gasteiger partial charge in [-0.25, -0.2) is 13.2 Å². The maximum absolute atomic E-state index is 16.8. The highest BCUT2D eigenvalue weighted by Gasteiger charge is 2.41. The number of hydrogen-bond acceptors (Lipinski definition) is 8. The molecule has 0 aliphatic carbocycles. The lowest BCUT2D eigenvalue weighted by atomic mass is 9.74. The first-order chi connectivity index (χ1) is 22.1. The SMILES string of the molecule is C#Cc1c(F)ccc2cc(O)cc(-c3ncc4c(N5C[C@H]6CC[C@@H](C5)N6)nc(O[C@H](C)[C@]5(C)CN(C)CC/C5=C\F)nc4c3F)c12. The number of phenolic OH excluding ortho intramolecular Hbond substituents is 1. The Labute approximate surface area is 265 Å². The summed E-state index contributed by atoms with van der Waals surface area (Å²) in [6.07, 6.45) is 9.93. The molecule has 2 aromatic heterocycles. The molecule has 4 atom stereocenters. The lowest BCUT2D eigenvalue weighted by Crippen LogP contribution is -2.51. The van der Waals surface area contributed by atoms with Crippen LogP contribution >= 0.6 is 0 Å². The highest BCUT2D eigenvalue weighted by Crippen LogP contribution is 2.42. The van der Waals surface area contributed by atoms with Gasteiger partial charge in [-0.1, -0.05) is 18.9 Å². The van der Waals surface area contributed by atoms with Gasteiger partial charge in [0.05, 0.1) is 17.3 Å². The Kier molecular flexibility index (Phi) is 7.53. The van der Waals surface area contributed by atoms with Crippen LogP contribution in [0.1, 0.15) is 38.7 Å². The largest absolute Gasteiger partial charge is 0.508 e. The zero-order chi connectivity index (χ0) is 32.3. The summed E-state index contributed by atoms with van der Waals surface area (Å²) in [5, 5.41) is 15.2. The van der Waals surface area contributed by atoms with E-state index in [9.17, 15) is 13.9 Å². The second-order valence-corrected chi connectivity index (χ2v) is 13.0. The van der Waals surface area contributed by atoms with Gasteiger partial charge in [-0.15, -0.1) is 6.42 Å². The number of piperazine rings is 1. The average molecular weight is 629 g/mol. The molecular weight excluding hydrogens is 593 g/mol. The smallest absolute Gasteiger partial charge is 0.319 e. The van der Waals surface area contributed by atoms with Crippen molar-refractivity contribution in [3.05, 3.63) is 59.6 Å². The van der Waals surface area contributed by atoms with Gasteiger partial charge >= 0.3 is 6.01 Å². The van der Waals surface area contributed by atoms with Crippen molar-refractivity contribution in [1.82, 2.24) is 25.2 Å². The molecule has 0 amide bonds. The summed E-state index contributed by atoms with van der Waals surface area (Å²) in [4.78, 5) is 18.1. The quantitative estimate of drug-likeness (QED) is 0.272. The van der Waals surface area contributed by atoms with Gasteiger partial charge in [0.2, 0.25) is 0 Å². The van der Waals surface area contributed by atoms with Crippen LogP contribution in [0.25, 0.3) is 32.9 Å². The molecule has 8 nitrogen and oxygen atoms in total. The van der Waals surface area contributed by atoms with Crippen LogP contribution in [0.2, 0.25) is 0 Å². The first-order valence-corrected chi connectivity index (χ1v) is 15.5. The van der Waals surface area contributed by atoms with Gasteiger partial charge in [-0.05, 0) is 62.4 Å². The number of piperidine rings is 1. The molecule has 46 heavy (non-hydrogen) atoms. The summed E-state index contributed by atoms with van der Waals surface area (Å²) >= 11 is 0. The van der Waals surface area contributed by atoms with Gasteiger partial charge < -0.3 is 25.0 Å². The van der Waals surface area contributed by atoms with Crippen molar-refractivity contribution in [2.45, 2.75) is 51.3 Å². The number of benzene rings is 2. The number of rotatable bonds is 5. The zero-order valence-corrected chi connectivity index (χ0v) is 25.9. The lowest BCUT2D eigenvalue weighted by molar-refractivity contribution is 0.0461. The molecule has 0 radical (unpaired) electrons. The van der Waals surface area contributed by atoms with Gasteiger partial charge in [0.15, 0.2) is 5.82 Å². The molecule has 4 aromatic rings. The minimum absolute atomic E-state index is 0.0367. The van der Waals surface area contributed by atoms with Crippen molar-refractivity contribution < 1.29 is 23.0 Å². The fourth-order valence-corrected chi connectivity index (χ4v) is 7.42. The lowest BCUT2D eigenvalue weighted by Gasteiger charge is -2.43. The van der Waals surface area contributed by atoms with E-state index in [2.05, 4.69) is 31.0 Å². The molecule has 3 fully saturated rings. The molecule has 238 valence electrons. The number of nitrogens with one attached hydrogen (secondary N) is 1. The highest BCUT2D eigenvalue weighted by atomic mass is 19.1. The van der Waals surface area contributed by atoms with Crippen LogP contribution in [0.4, 0.5) is 19.0 Å². The van der Waals surface area contributed by atoms with Crippen LogP contribution in [0, 0.1) is 29.4 Å². The monoisotopic (exact) mass is 628 g/mol. The standard InChI is InChI=1S/C35H35F3N6O2/c1-5-25-28(37)9-6-20-12-24(45)13-26(29(20)25)31-30(38)32-27(15-39-31)33(44-16-22-7-8-23(17-44)40-22)42-34(41-32)46-19(2)35(3)18-43(4)11-10-21(35)14-36/h1,6,9,12-15,19,22-23,40,45H,7-8,10-11,16-18H2,2-4H3/b21-14+/t19-,22-,23+,35+/m1/s1. The third kappa shape index (κ3) is 5.00. The minimum Gasteiger partial charge on any atom is -0.508 e. The Bertz CT molecular complexity index is 1930. The Morgan fingerprint density at radius 2 is 1.96 bits per heavy atom. The first kappa shape index (κ1) is 30.3. The summed E-state index contributed by atoms with van der Waals surface area (Å²) in [5.74, 6) is 1.27. The molecule has 0 spiro atoms. The molecule has 7 rings (SSSR count). The van der Waals surface area contributed by atoms with Crippen LogP contribution in [-0.2, 0) is 0 Å². The van der Waals surface area contributed by atoms with Crippen LogP contribution < -0.4 is 15.0 Å². The maximum Gasteiger partial charge on any atom is 0.319 e. The van der Waals surface area contributed by atoms with Crippen LogP contribution in [0.15, 0.2) is 42.4 Å². The van der Waals surface area contributed by atoms with Crippen molar-refractivity contribution in [1.29, 1.82) is 0 Å². The van der Waals surface area contributed by atoms with E-state index in [1.54, 1.807) is 0 Å². The van der Waals surface area contributed by atoms with Crippen molar-refractivity contribution in [3.63, 3.8) is 0 Å². The van der Waals surface area contributed by atoms with E-state index in [-0.39, 0.29) is 51.6 Å². The molecule has 0 saturated carbocycles. The van der Waals surface area contributed by atoms with Crippen LogP contribution in [-0.4, -0.2) is 76.4 Å². The Hall–Kier alpha value is -4.40. The summed E-state index contributed by atoms with van der Waals surface area (Å²) in [6.45, 7) is 6.43. The zero-order valence-electron chi connectivity index (χ0n) is 25.9.